The molecule has 1 amide bonds. The Hall–Kier alpha value is -0.970. The molecule has 1 heterocycles. The lowest BCUT2D eigenvalue weighted by Gasteiger charge is -2.38. The maximum absolute atomic E-state index is 12.3. The average molecular weight is 306 g/mol. The number of rotatable bonds is 1. The topological polar surface area (TPSA) is 49.6 Å². The molecule has 1 unspecified atom stereocenters. The van der Waals surface area contributed by atoms with E-state index in [9.17, 15) is 4.79 Å². The molecule has 1 fully saturated rings. The van der Waals surface area contributed by atoms with Crippen LogP contribution in [0.1, 0.15) is 17.3 Å². The second-order valence-corrected chi connectivity index (χ2v) is 4.74. The van der Waals surface area contributed by atoms with Crippen LogP contribution in [-0.2, 0) is 0 Å². The van der Waals surface area contributed by atoms with Crippen molar-refractivity contribution in [3.05, 3.63) is 29.8 Å². The van der Waals surface area contributed by atoms with Gasteiger partial charge in [0.2, 0.25) is 0 Å². The summed E-state index contributed by atoms with van der Waals surface area (Å²) >= 11 is 0. The number of amides is 1. The van der Waals surface area contributed by atoms with Crippen LogP contribution in [0.4, 0.5) is 5.69 Å². The molecule has 1 saturated heterocycles. The highest BCUT2D eigenvalue weighted by molar-refractivity contribution is 5.95. The second kappa shape index (κ2) is 7.58. The van der Waals surface area contributed by atoms with Crippen LogP contribution < -0.4 is 5.73 Å². The highest BCUT2D eigenvalue weighted by Crippen LogP contribution is 2.14. The van der Waals surface area contributed by atoms with E-state index in [-0.39, 0.29) is 36.8 Å². The van der Waals surface area contributed by atoms with Gasteiger partial charge in [0, 0.05) is 36.9 Å². The minimum Gasteiger partial charge on any atom is -0.399 e. The molecule has 4 nitrogen and oxygen atoms in total. The Morgan fingerprint density at radius 2 is 2.00 bits per heavy atom. The van der Waals surface area contributed by atoms with Crippen molar-refractivity contribution >= 4 is 36.4 Å². The van der Waals surface area contributed by atoms with E-state index in [0.717, 1.165) is 19.6 Å². The summed E-state index contributed by atoms with van der Waals surface area (Å²) in [6.45, 7) is 4.72. The van der Waals surface area contributed by atoms with E-state index < -0.39 is 0 Å². The van der Waals surface area contributed by atoms with Gasteiger partial charge in [-0.1, -0.05) is 6.07 Å². The molecule has 0 saturated carbocycles. The lowest BCUT2D eigenvalue weighted by Crippen LogP contribution is -2.52. The number of nitrogen functional groups attached to an aromatic ring is 1. The normalized spacial score (nSPS) is 19.3. The van der Waals surface area contributed by atoms with Crippen LogP contribution in [0, 0.1) is 0 Å². The molecule has 1 aliphatic rings. The fourth-order valence-corrected chi connectivity index (χ4v) is 2.28. The molecular weight excluding hydrogens is 285 g/mol. The first-order valence-corrected chi connectivity index (χ1v) is 5.93. The number of hydrogen-bond donors (Lipinski definition) is 1. The summed E-state index contributed by atoms with van der Waals surface area (Å²) in [5.41, 5.74) is 7.02. The molecule has 6 heteroatoms. The standard InChI is InChI=1S/C13H19N3O.2ClH/c1-10-9-15(2)6-7-16(10)13(17)11-4-3-5-12(14)8-11;;/h3-5,8,10H,6-7,9,14H2,1-2H3;2*1H. The lowest BCUT2D eigenvalue weighted by molar-refractivity contribution is 0.0533. The predicted molar refractivity (Wildman–Crippen MR) is 83.3 cm³/mol. The molecule has 0 spiro atoms. The molecule has 1 aliphatic heterocycles. The summed E-state index contributed by atoms with van der Waals surface area (Å²) in [6.07, 6.45) is 0. The van der Waals surface area contributed by atoms with Gasteiger partial charge in [0.25, 0.3) is 5.91 Å². The van der Waals surface area contributed by atoms with Crippen molar-refractivity contribution in [2.45, 2.75) is 13.0 Å². The Kier molecular flexibility index (Phi) is 7.19. The van der Waals surface area contributed by atoms with Crippen LogP contribution in [0.15, 0.2) is 24.3 Å². The third kappa shape index (κ3) is 4.27. The number of nitrogens with zero attached hydrogens (tertiary/aromatic N) is 2. The molecule has 2 rings (SSSR count). The van der Waals surface area contributed by atoms with Gasteiger partial charge in [-0.25, -0.2) is 0 Å². The summed E-state index contributed by atoms with van der Waals surface area (Å²) in [4.78, 5) is 16.5. The maximum Gasteiger partial charge on any atom is 0.254 e. The molecule has 0 bridgehead atoms. The number of benzene rings is 1. The fraction of sp³-hybridized carbons (Fsp3) is 0.462. The number of hydrogen-bond acceptors (Lipinski definition) is 3. The van der Waals surface area contributed by atoms with Crippen LogP contribution in [0.3, 0.4) is 0 Å². The number of carbonyl (C=O) groups excluding carboxylic acids is 1. The first-order chi connectivity index (χ1) is 8.08. The predicted octanol–water partition coefficient (Wildman–Crippen LogP) is 1.89. The highest BCUT2D eigenvalue weighted by Gasteiger charge is 2.26. The smallest absolute Gasteiger partial charge is 0.254 e. The number of anilines is 1. The Labute approximate surface area is 126 Å². The zero-order valence-electron chi connectivity index (χ0n) is 11.2. The monoisotopic (exact) mass is 305 g/mol. The van der Waals surface area contributed by atoms with Gasteiger partial charge < -0.3 is 15.5 Å². The van der Waals surface area contributed by atoms with Crippen molar-refractivity contribution in [1.29, 1.82) is 0 Å². The molecule has 108 valence electrons. The molecule has 0 radical (unpaired) electrons. The van der Waals surface area contributed by atoms with Gasteiger partial charge in [0.1, 0.15) is 0 Å². The Bertz CT molecular complexity index is 428. The minimum atomic E-state index is 0. The first-order valence-electron chi connectivity index (χ1n) is 5.93. The van der Waals surface area contributed by atoms with Gasteiger partial charge >= 0.3 is 0 Å². The third-order valence-corrected chi connectivity index (χ3v) is 3.23. The quantitative estimate of drug-likeness (QED) is 0.806. The van der Waals surface area contributed by atoms with Crippen LogP contribution >= 0.6 is 24.8 Å². The number of carbonyl (C=O) groups is 1. The Morgan fingerprint density at radius 3 is 2.58 bits per heavy atom. The molecule has 1 aromatic carbocycles. The van der Waals surface area contributed by atoms with E-state index in [4.69, 9.17) is 5.73 Å². The summed E-state index contributed by atoms with van der Waals surface area (Å²) in [7, 11) is 2.08. The van der Waals surface area contributed by atoms with Crippen LogP contribution in [0.25, 0.3) is 0 Å². The summed E-state index contributed by atoms with van der Waals surface area (Å²) in [6, 6.07) is 7.44. The van der Waals surface area contributed by atoms with E-state index in [1.807, 2.05) is 17.0 Å². The van der Waals surface area contributed by atoms with E-state index in [1.165, 1.54) is 0 Å². The number of likely N-dealkylation sites (N-methyl/N-ethyl adjacent to an activating group) is 1. The van der Waals surface area contributed by atoms with Crippen LogP contribution in [0.2, 0.25) is 0 Å². The summed E-state index contributed by atoms with van der Waals surface area (Å²) < 4.78 is 0. The molecule has 2 N–H and O–H groups in total. The molecule has 19 heavy (non-hydrogen) atoms. The Balaban J connectivity index is 0.00000162. The highest BCUT2D eigenvalue weighted by atomic mass is 35.5. The van der Waals surface area contributed by atoms with Crippen LogP contribution in [0.5, 0.6) is 0 Å². The van der Waals surface area contributed by atoms with E-state index in [0.29, 0.717) is 11.3 Å². The van der Waals surface area contributed by atoms with E-state index in [2.05, 4.69) is 18.9 Å². The minimum absolute atomic E-state index is 0. The zero-order chi connectivity index (χ0) is 12.4. The molecule has 1 atom stereocenters. The Morgan fingerprint density at radius 1 is 1.32 bits per heavy atom. The zero-order valence-corrected chi connectivity index (χ0v) is 12.8. The van der Waals surface area contributed by atoms with Crippen molar-refractivity contribution in [2.75, 3.05) is 32.4 Å². The van der Waals surface area contributed by atoms with Crippen molar-refractivity contribution in [3.8, 4) is 0 Å². The van der Waals surface area contributed by atoms with Gasteiger partial charge in [-0.15, -0.1) is 24.8 Å². The van der Waals surface area contributed by atoms with E-state index in [1.54, 1.807) is 12.1 Å². The number of piperazine rings is 1. The second-order valence-electron chi connectivity index (χ2n) is 4.74. The summed E-state index contributed by atoms with van der Waals surface area (Å²) in [5.74, 6) is 0.0814. The van der Waals surface area contributed by atoms with Gasteiger partial charge in [-0.05, 0) is 32.2 Å². The van der Waals surface area contributed by atoms with E-state index >= 15 is 0 Å². The van der Waals surface area contributed by atoms with Crippen molar-refractivity contribution in [2.24, 2.45) is 0 Å². The molecule has 1 aromatic rings. The largest absolute Gasteiger partial charge is 0.399 e. The number of halogens is 2. The molecule has 0 aromatic heterocycles. The van der Waals surface area contributed by atoms with Gasteiger partial charge in [-0.3, -0.25) is 4.79 Å². The summed E-state index contributed by atoms with van der Waals surface area (Å²) in [5, 5.41) is 0. The SMILES string of the molecule is CC1CN(C)CCN1C(=O)c1cccc(N)c1.Cl.Cl. The lowest BCUT2D eigenvalue weighted by atomic mass is 10.1. The number of nitrogens with two attached hydrogens (primary N) is 1. The van der Waals surface area contributed by atoms with Crippen LogP contribution in [-0.4, -0.2) is 48.4 Å². The molecular formula is C13H21Cl2N3O. The fourth-order valence-electron chi connectivity index (χ4n) is 2.28. The van der Waals surface area contributed by atoms with Gasteiger partial charge in [0.05, 0.1) is 0 Å². The third-order valence-electron chi connectivity index (χ3n) is 3.23. The van der Waals surface area contributed by atoms with Gasteiger partial charge in [0.15, 0.2) is 0 Å². The maximum atomic E-state index is 12.3. The average Bonchev–Trinajstić information content (AvgIpc) is 2.28. The van der Waals surface area contributed by atoms with Crippen molar-refractivity contribution in [3.63, 3.8) is 0 Å². The van der Waals surface area contributed by atoms with Gasteiger partial charge in [-0.2, -0.15) is 0 Å². The van der Waals surface area contributed by atoms with Crippen molar-refractivity contribution in [1.82, 2.24) is 9.80 Å². The van der Waals surface area contributed by atoms with Crippen molar-refractivity contribution < 1.29 is 4.79 Å². The molecule has 0 aliphatic carbocycles. The first kappa shape index (κ1) is 18.0.